The van der Waals surface area contributed by atoms with Gasteiger partial charge in [-0.25, -0.2) is 0 Å². The van der Waals surface area contributed by atoms with Gasteiger partial charge in [-0.1, -0.05) is 30.3 Å². The maximum absolute atomic E-state index is 9.74. The molecule has 124 valence electrons. The third-order valence-corrected chi connectivity index (χ3v) is 4.57. The Bertz CT molecular complexity index is 1060. The maximum atomic E-state index is 9.74. The van der Waals surface area contributed by atoms with Crippen LogP contribution in [0.4, 0.5) is 0 Å². The summed E-state index contributed by atoms with van der Waals surface area (Å²) in [5.74, 6) is 0.752. The molecule has 3 aromatic rings. The second-order valence-electron chi connectivity index (χ2n) is 5.89. The first-order chi connectivity index (χ1) is 12.2. The number of aryl methyl sites for hydroxylation is 1. The highest BCUT2D eigenvalue weighted by Gasteiger charge is 2.36. The lowest BCUT2D eigenvalue weighted by atomic mass is 9.81. The molecule has 1 aromatic heterocycles. The van der Waals surface area contributed by atoms with Gasteiger partial charge in [0.1, 0.15) is 17.4 Å². The minimum absolute atomic E-state index is 0.0708. The largest absolute Gasteiger partial charge is 0.496 e. The Morgan fingerprint density at radius 3 is 2.80 bits per heavy atom. The van der Waals surface area contributed by atoms with E-state index in [1.165, 1.54) is 0 Å². The van der Waals surface area contributed by atoms with E-state index in [4.69, 9.17) is 15.2 Å². The van der Waals surface area contributed by atoms with Gasteiger partial charge >= 0.3 is 0 Å². The van der Waals surface area contributed by atoms with Gasteiger partial charge in [-0.2, -0.15) is 5.26 Å². The van der Waals surface area contributed by atoms with Crippen molar-refractivity contribution in [3.05, 3.63) is 64.7 Å². The summed E-state index contributed by atoms with van der Waals surface area (Å²) in [5.41, 5.74) is 8.89. The number of nitriles is 1. The molecule has 0 radical (unpaired) electrons. The van der Waals surface area contributed by atoms with Crippen molar-refractivity contribution < 1.29 is 9.47 Å². The van der Waals surface area contributed by atoms with E-state index >= 15 is 0 Å². The van der Waals surface area contributed by atoms with Gasteiger partial charge in [-0.05, 0) is 23.8 Å². The predicted molar refractivity (Wildman–Crippen MR) is 93.1 cm³/mol. The molecule has 0 saturated carbocycles. The minimum atomic E-state index is -0.409. The Hall–Kier alpha value is -3.46. The number of aromatic amines is 1. The molecule has 0 aliphatic carbocycles. The van der Waals surface area contributed by atoms with Gasteiger partial charge in [-0.15, -0.1) is 5.10 Å². The van der Waals surface area contributed by atoms with Crippen molar-refractivity contribution in [2.24, 2.45) is 5.73 Å². The number of nitrogens with zero attached hydrogens (tertiary/aromatic N) is 2. The normalized spacial score (nSPS) is 16.3. The highest BCUT2D eigenvalue weighted by Crippen LogP contribution is 2.47. The molecule has 25 heavy (non-hydrogen) atoms. The van der Waals surface area contributed by atoms with E-state index in [1.54, 1.807) is 7.11 Å². The first kappa shape index (κ1) is 15.1. The summed E-state index contributed by atoms with van der Waals surface area (Å²) in [6.45, 7) is 1.90. The Labute approximate surface area is 144 Å². The van der Waals surface area contributed by atoms with Crippen LogP contribution < -0.4 is 15.2 Å². The van der Waals surface area contributed by atoms with Crippen molar-refractivity contribution in [1.29, 1.82) is 5.26 Å². The highest BCUT2D eigenvalue weighted by atomic mass is 16.5. The van der Waals surface area contributed by atoms with Crippen LogP contribution in [0.15, 0.2) is 47.9 Å². The molecule has 1 aliphatic rings. The molecule has 0 spiro atoms. The minimum Gasteiger partial charge on any atom is -0.496 e. The highest BCUT2D eigenvalue weighted by molar-refractivity contribution is 5.90. The maximum Gasteiger partial charge on any atom is 0.244 e. The summed E-state index contributed by atoms with van der Waals surface area (Å²) in [6, 6.07) is 14.1. The molecule has 6 heteroatoms. The van der Waals surface area contributed by atoms with Crippen molar-refractivity contribution in [2.45, 2.75) is 12.8 Å². The molecule has 1 aliphatic heterocycles. The molecular formula is C19H16N4O2. The van der Waals surface area contributed by atoms with Crippen LogP contribution >= 0.6 is 0 Å². The van der Waals surface area contributed by atoms with E-state index in [2.05, 4.69) is 16.3 Å². The van der Waals surface area contributed by atoms with Gasteiger partial charge < -0.3 is 15.2 Å². The summed E-state index contributed by atoms with van der Waals surface area (Å²) in [5, 5.41) is 18.9. The topological polar surface area (TPSA) is 96.9 Å². The smallest absolute Gasteiger partial charge is 0.244 e. The summed E-state index contributed by atoms with van der Waals surface area (Å²) in [4.78, 5) is 0. The second kappa shape index (κ2) is 5.56. The van der Waals surface area contributed by atoms with E-state index in [-0.39, 0.29) is 5.88 Å². The van der Waals surface area contributed by atoms with Crippen LogP contribution in [0.5, 0.6) is 11.6 Å². The van der Waals surface area contributed by atoms with E-state index < -0.39 is 5.92 Å². The molecule has 2 heterocycles. The zero-order valence-electron chi connectivity index (χ0n) is 13.8. The zero-order chi connectivity index (χ0) is 17.6. The van der Waals surface area contributed by atoms with Crippen LogP contribution in [0, 0.1) is 18.3 Å². The molecule has 0 saturated heterocycles. The predicted octanol–water partition coefficient (Wildman–Crippen LogP) is 3.10. The average Bonchev–Trinajstić information content (AvgIpc) is 3.00. The number of H-pyrrole nitrogens is 1. The molecule has 6 nitrogen and oxygen atoms in total. The van der Waals surface area contributed by atoms with Crippen molar-refractivity contribution in [2.75, 3.05) is 7.11 Å². The number of methoxy groups -OCH3 is 1. The fourth-order valence-electron chi connectivity index (χ4n) is 3.44. The van der Waals surface area contributed by atoms with Crippen LogP contribution in [-0.4, -0.2) is 17.3 Å². The number of nitrogens with one attached hydrogen (secondary N) is 1. The first-order valence-electron chi connectivity index (χ1n) is 7.83. The summed E-state index contributed by atoms with van der Waals surface area (Å²) < 4.78 is 11.2. The number of hydrogen-bond donors (Lipinski definition) is 2. The number of benzene rings is 2. The number of allylic oxidation sites excluding steroid dienone is 1. The number of fused-ring (bicyclic) bond motifs is 2. The summed E-state index contributed by atoms with van der Waals surface area (Å²) >= 11 is 0. The van der Waals surface area contributed by atoms with Gasteiger partial charge in [0.05, 0.1) is 13.0 Å². The van der Waals surface area contributed by atoms with Crippen LogP contribution in [0.1, 0.15) is 22.7 Å². The monoisotopic (exact) mass is 332 g/mol. The first-order valence-corrected chi connectivity index (χ1v) is 7.83. The molecule has 3 N–H and O–H groups in total. The van der Waals surface area contributed by atoms with Gasteiger partial charge in [-0.3, -0.25) is 5.10 Å². The standard InChI is InChI=1S/C19H16N4O2/c1-10-15-17(13(9-20)18(21)25-19(15)23-22-10)16-12-6-4-3-5-11(12)7-8-14(16)24-2/h3-8,17H,21H2,1-2H3,(H,22,23). The lowest BCUT2D eigenvalue weighted by Crippen LogP contribution is -2.21. The van der Waals surface area contributed by atoms with Gasteiger partial charge in [0.2, 0.25) is 11.8 Å². The van der Waals surface area contributed by atoms with Crippen LogP contribution in [0.3, 0.4) is 0 Å². The molecule has 0 amide bonds. The molecule has 0 fully saturated rings. The summed E-state index contributed by atoms with van der Waals surface area (Å²) in [6.07, 6.45) is 0. The van der Waals surface area contributed by atoms with Crippen molar-refractivity contribution >= 4 is 10.8 Å². The Morgan fingerprint density at radius 2 is 2.04 bits per heavy atom. The fraction of sp³-hybridized carbons (Fsp3) is 0.158. The van der Waals surface area contributed by atoms with Crippen LogP contribution in [0.2, 0.25) is 0 Å². The second-order valence-corrected chi connectivity index (χ2v) is 5.89. The van der Waals surface area contributed by atoms with E-state index in [1.807, 2.05) is 43.3 Å². The van der Waals surface area contributed by atoms with Crippen molar-refractivity contribution in [1.82, 2.24) is 10.2 Å². The van der Waals surface area contributed by atoms with Gasteiger partial charge in [0.25, 0.3) is 0 Å². The third-order valence-electron chi connectivity index (χ3n) is 4.57. The fourth-order valence-corrected chi connectivity index (χ4v) is 3.44. The van der Waals surface area contributed by atoms with Crippen molar-refractivity contribution in [3.63, 3.8) is 0 Å². The molecular weight excluding hydrogens is 316 g/mol. The quantitative estimate of drug-likeness (QED) is 0.751. The number of ether oxygens (including phenoxy) is 2. The van der Waals surface area contributed by atoms with Crippen LogP contribution in [0.25, 0.3) is 10.8 Å². The lowest BCUT2D eigenvalue weighted by Gasteiger charge is -2.26. The number of nitrogens with two attached hydrogens (primary N) is 1. The molecule has 1 unspecified atom stereocenters. The molecule has 0 bridgehead atoms. The number of aromatic nitrogens is 2. The van der Waals surface area contributed by atoms with E-state index in [0.717, 1.165) is 27.6 Å². The Morgan fingerprint density at radius 1 is 1.24 bits per heavy atom. The zero-order valence-corrected chi connectivity index (χ0v) is 13.8. The van der Waals surface area contributed by atoms with Gasteiger partial charge in [0.15, 0.2) is 0 Å². The average molecular weight is 332 g/mol. The molecule has 1 atom stereocenters. The lowest BCUT2D eigenvalue weighted by molar-refractivity contribution is 0.375. The Balaban J connectivity index is 2.12. The van der Waals surface area contributed by atoms with E-state index in [0.29, 0.717) is 17.2 Å². The van der Waals surface area contributed by atoms with Gasteiger partial charge in [0, 0.05) is 16.8 Å². The molecule has 4 rings (SSSR count). The van der Waals surface area contributed by atoms with Crippen LogP contribution in [-0.2, 0) is 0 Å². The number of hydrogen-bond acceptors (Lipinski definition) is 5. The number of rotatable bonds is 2. The molecule has 2 aromatic carbocycles. The summed E-state index contributed by atoms with van der Waals surface area (Å²) in [7, 11) is 1.62. The SMILES string of the molecule is COc1ccc2ccccc2c1C1C(C#N)=C(N)Oc2n[nH]c(C)c21. The Kier molecular flexibility index (Phi) is 3.36. The van der Waals surface area contributed by atoms with Crippen molar-refractivity contribution in [3.8, 4) is 17.7 Å². The van der Waals surface area contributed by atoms with E-state index in [9.17, 15) is 5.26 Å². The third kappa shape index (κ3) is 2.13.